The molecule has 0 saturated carbocycles. The second-order valence-electron chi connectivity index (χ2n) is 8.14. The van der Waals surface area contributed by atoms with Crippen molar-refractivity contribution in [2.24, 2.45) is 0 Å². The third-order valence-corrected chi connectivity index (χ3v) is 5.87. The number of hydrogen-bond acceptors (Lipinski definition) is 5. The Bertz CT molecular complexity index is 998. The van der Waals surface area contributed by atoms with Crippen LogP contribution in [0.4, 0.5) is 5.82 Å². The molecule has 0 spiro atoms. The fraction of sp³-hybridized carbons (Fsp3) is 0.458. The minimum Gasteiger partial charge on any atom is -0.481 e. The van der Waals surface area contributed by atoms with E-state index in [1.165, 1.54) is 12.0 Å². The Morgan fingerprint density at radius 1 is 1.10 bits per heavy atom. The smallest absolute Gasteiger partial charge is 0.304 e. The highest BCUT2D eigenvalue weighted by Crippen LogP contribution is 2.27. The van der Waals surface area contributed by atoms with Crippen LogP contribution >= 0.6 is 0 Å². The zero-order valence-corrected chi connectivity index (χ0v) is 17.3. The van der Waals surface area contributed by atoms with Crippen LogP contribution in [0.3, 0.4) is 0 Å². The van der Waals surface area contributed by atoms with Crippen molar-refractivity contribution in [2.75, 3.05) is 11.9 Å². The highest BCUT2D eigenvalue weighted by atomic mass is 16.4. The van der Waals surface area contributed by atoms with E-state index in [0.717, 1.165) is 74.1 Å². The normalized spacial score (nSPS) is 14.3. The molecule has 0 radical (unpaired) electrons. The molecule has 1 aliphatic heterocycles. The predicted molar refractivity (Wildman–Crippen MR) is 117 cm³/mol. The second-order valence-corrected chi connectivity index (χ2v) is 8.14. The van der Waals surface area contributed by atoms with Crippen molar-refractivity contribution in [1.82, 2.24) is 9.97 Å². The Hall–Kier alpha value is -2.89. The summed E-state index contributed by atoms with van der Waals surface area (Å²) in [5, 5.41) is 13.6. The maximum atomic E-state index is 11.3. The van der Waals surface area contributed by atoms with Gasteiger partial charge in [-0.3, -0.25) is 4.79 Å². The van der Waals surface area contributed by atoms with Crippen molar-refractivity contribution in [3.8, 4) is 0 Å². The van der Waals surface area contributed by atoms with Crippen molar-refractivity contribution < 1.29 is 14.3 Å². The number of carboxylic acid groups (broad SMARTS) is 1. The predicted octanol–water partition coefficient (Wildman–Crippen LogP) is 5.33. The number of carboxylic acids is 1. The van der Waals surface area contributed by atoms with E-state index < -0.39 is 5.97 Å². The van der Waals surface area contributed by atoms with Crippen molar-refractivity contribution in [1.29, 1.82) is 0 Å². The highest BCUT2D eigenvalue weighted by molar-refractivity contribution is 5.73. The fourth-order valence-electron chi connectivity index (χ4n) is 4.21. The minimum absolute atomic E-state index is 0.0783. The molecule has 1 atom stereocenters. The fourth-order valence-corrected chi connectivity index (χ4v) is 4.21. The average Bonchev–Trinajstić information content (AvgIpc) is 3.23. The van der Waals surface area contributed by atoms with Gasteiger partial charge in [0.05, 0.1) is 12.7 Å². The molecule has 6 nitrogen and oxygen atoms in total. The number of carbonyl (C=O) groups is 1. The van der Waals surface area contributed by atoms with Gasteiger partial charge in [0.15, 0.2) is 0 Å². The summed E-state index contributed by atoms with van der Waals surface area (Å²) in [4.78, 5) is 20.6. The lowest BCUT2D eigenvalue weighted by atomic mass is 9.93. The molecular weight excluding hydrogens is 378 g/mol. The number of nitrogens with one attached hydrogen (secondary N) is 1. The number of fused-ring (bicyclic) bond motifs is 2. The summed E-state index contributed by atoms with van der Waals surface area (Å²) >= 11 is 0. The number of unbranched alkanes of at least 4 members (excludes halogenated alkanes) is 3. The van der Waals surface area contributed by atoms with Gasteiger partial charge in [-0.2, -0.15) is 0 Å². The third kappa shape index (κ3) is 5.17. The molecule has 158 valence electrons. The molecule has 0 saturated heterocycles. The minimum atomic E-state index is -0.784. The molecular formula is C24H29N3O3. The van der Waals surface area contributed by atoms with Gasteiger partial charge in [-0.15, -0.1) is 0 Å². The topological polar surface area (TPSA) is 88.2 Å². The molecule has 0 amide bonds. The number of nitrogens with zero attached hydrogens (tertiary/aromatic N) is 2. The van der Waals surface area contributed by atoms with Gasteiger partial charge in [0.1, 0.15) is 5.82 Å². The Balaban J connectivity index is 1.24. The van der Waals surface area contributed by atoms with Crippen LogP contribution in [0.25, 0.3) is 11.1 Å². The first-order chi connectivity index (χ1) is 14.7. The number of anilines is 1. The van der Waals surface area contributed by atoms with Crippen LogP contribution in [-0.4, -0.2) is 27.6 Å². The maximum Gasteiger partial charge on any atom is 0.304 e. The first-order valence-corrected chi connectivity index (χ1v) is 11.0. The zero-order valence-electron chi connectivity index (χ0n) is 17.3. The molecule has 1 aliphatic rings. The number of hydrogen-bond donors (Lipinski definition) is 2. The molecule has 6 heteroatoms. The molecule has 0 aromatic carbocycles. The molecule has 3 aromatic heterocycles. The second kappa shape index (κ2) is 9.74. The van der Waals surface area contributed by atoms with E-state index in [0.29, 0.717) is 5.71 Å². The standard InChI is InChI=1S/C24H29N3O3/c28-22(29)16-19(21-12-10-18-13-15-30-24(18)27-21)6-3-1-2-4-8-20-11-9-17-7-5-14-25-23(17)26-20/h9-13,15,19H,1-8,14,16H2,(H,25,26)(H,28,29). The summed E-state index contributed by atoms with van der Waals surface area (Å²) < 4.78 is 5.38. The van der Waals surface area contributed by atoms with Crippen LogP contribution in [-0.2, 0) is 17.6 Å². The molecule has 4 rings (SSSR count). The molecule has 0 fully saturated rings. The molecule has 30 heavy (non-hydrogen) atoms. The van der Waals surface area contributed by atoms with Gasteiger partial charge < -0.3 is 14.8 Å². The maximum absolute atomic E-state index is 11.3. The Morgan fingerprint density at radius 2 is 2.00 bits per heavy atom. The summed E-state index contributed by atoms with van der Waals surface area (Å²) in [5.41, 5.74) is 3.87. The monoisotopic (exact) mass is 407 g/mol. The van der Waals surface area contributed by atoms with E-state index in [9.17, 15) is 9.90 Å². The number of furan rings is 1. The number of pyridine rings is 2. The largest absolute Gasteiger partial charge is 0.481 e. The Labute approximate surface area is 176 Å². The molecule has 0 bridgehead atoms. The van der Waals surface area contributed by atoms with Gasteiger partial charge in [-0.05, 0) is 61.9 Å². The molecule has 0 aliphatic carbocycles. The van der Waals surface area contributed by atoms with Gasteiger partial charge >= 0.3 is 5.97 Å². The zero-order chi connectivity index (χ0) is 20.8. The van der Waals surface area contributed by atoms with Gasteiger partial charge in [-0.25, -0.2) is 9.97 Å². The molecule has 1 unspecified atom stereocenters. The average molecular weight is 408 g/mol. The quantitative estimate of drug-likeness (QED) is 0.442. The van der Waals surface area contributed by atoms with Gasteiger partial charge in [0.2, 0.25) is 5.71 Å². The first-order valence-electron chi connectivity index (χ1n) is 11.0. The molecule has 2 N–H and O–H groups in total. The van der Waals surface area contributed by atoms with E-state index in [4.69, 9.17) is 9.40 Å². The number of aryl methyl sites for hydroxylation is 2. The lowest BCUT2D eigenvalue weighted by molar-refractivity contribution is -0.137. The Morgan fingerprint density at radius 3 is 2.90 bits per heavy atom. The van der Waals surface area contributed by atoms with Crippen LogP contribution in [0, 0.1) is 0 Å². The summed E-state index contributed by atoms with van der Waals surface area (Å²) in [6.07, 6.45) is 10.1. The van der Waals surface area contributed by atoms with Gasteiger partial charge in [-0.1, -0.05) is 25.3 Å². The number of aromatic nitrogens is 2. The Kier molecular flexibility index (Phi) is 6.62. The summed E-state index contributed by atoms with van der Waals surface area (Å²) in [7, 11) is 0. The van der Waals surface area contributed by atoms with Crippen molar-refractivity contribution in [3.63, 3.8) is 0 Å². The van der Waals surface area contributed by atoms with E-state index in [2.05, 4.69) is 22.4 Å². The van der Waals surface area contributed by atoms with Crippen LogP contribution in [0.15, 0.2) is 41.0 Å². The SMILES string of the molecule is O=C(O)CC(CCCCCCc1ccc2c(n1)NCCC2)c1ccc2ccoc2n1. The van der Waals surface area contributed by atoms with E-state index >= 15 is 0 Å². The molecule has 3 aromatic rings. The molecule has 4 heterocycles. The highest BCUT2D eigenvalue weighted by Gasteiger charge is 2.18. The number of aliphatic carboxylic acids is 1. The van der Waals surface area contributed by atoms with Gasteiger partial charge in [0, 0.05) is 29.2 Å². The van der Waals surface area contributed by atoms with Crippen molar-refractivity contribution >= 4 is 22.9 Å². The van der Waals surface area contributed by atoms with Gasteiger partial charge in [0.25, 0.3) is 0 Å². The van der Waals surface area contributed by atoms with Crippen LogP contribution in [0.2, 0.25) is 0 Å². The van der Waals surface area contributed by atoms with E-state index in [1.807, 2.05) is 18.2 Å². The van der Waals surface area contributed by atoms with Crippen molar-refractivity contribution in [2.45, 2.75) is 63.7 Å². The summed E-state index contributed by atoms with van der Waals surface area (Å²) in [6, 6.07) is 10.1. The van der Waals surface area contributed by atoms with Crippen LogP contribution in [0.5, 0.6) is 0 Å². The number of rotatable bonds is 10. The van der Waals surface area contributed by atoms with Crippen LogP contribution < -0.4 is 5.32 Å². The van der Waals surface area contributed by atoms with Crippen molar-refractivity contribution in [3.05, 3.63) is 53.5 Å². The summed E-state index contributed by atoms with van der Waals surface area (Å²) in [6.45, 7) is 1.02. The van der Waals surface area contributed by atoms with Crippen LogP contribution in [0.1, 0.15) is 67.8 Å². The van der Waals surface area contributed by atoms with E-state index in [1.54, 1.807) is 6.26 Å². The lowest BCUT2D eigenvalue weighted by Crippen LogP contribution is -2.13. The third-order valence-electron chi connectivity index (χ3n) is 5.87. The van der Waals surface area contributed by atoms with E-state index in [-0.39, 0.29) is 12.3 Å². The summed E-state index contributed by atoms with van der Waals surface area (Å²) in [5.74, 6) is 0.204. The first kappa shape index (κ1) is 20.4. The lowest BCUT2D eigenvalue weighted by Gasteiger charge is -2.17.